The molecule has 32 heteroatoms. The molecule has 143 heavy (non-hydrogen) atoms. The third kappa shape index (κ3) is 32.4. The van der Waals surface area contributed by atoms with E-state index in [0.29, 0.717) is 67.0 Å². The molecule has 9 amide bonds. The molecule has 0 saturated carbocycles. The van der Waals surface area contributed by atoms with E-state index in [1.54, 1.807) is 66.7 Å². The Bertz CT molecular complexity index is 7500. The fourth-order valence-corrected chi connectivity index (χ4v) is 20.0. The van der Waals surface area contributed by atoms with E-state index >= 15 is 0 Å². The van der Waals surface area contributed by atoms with Crippen LogP contribution in [0.5, 0.6) is 0 Å². The van der Waals surface area contributed by atoms with E-state index in [1.165, 1.54) is 135 Å². The topological polar surface area (TPSA) is 360 Å². The number of nitrogens with zero attached hydrogens (tertiary/aromatic N) is 7. The van der Waals surface area contributed by atoms with Gasteiger partial charge in [-0.05, 0) is 242 Å². The number of Topliss-reactive ketones (excluding diaryl/α,β-unsaturated/α-hetero) is 1. The van der Waals surface area contributed by atoms with Gasteiger partial charge in [0.25, 0.3) is 0 Å². The van der Waals surface area contributed by atoms with Gasteiger partial charge in [-0.15, -0.1) is 0 Å². The molecule has 18 rings (SSSR count). The van der Waals surface area contributed by atoms with Gasteiger partial charge in [0.15, 0.2) is 36.6 Å². The number of anilines is 10. The average molecular weight is 2020 g/mol. The fraction of sp³-hybridized carbons (Fsp3) is 0.207. The maximum absolute atomic E-state index is 12.3. The summed E-state index contributed by atoms with van der Waals surface area (Å²) < 4.78 is 6.29. The van der Waals surface area contributed by atoms with Crippen LogP contribution in [0.1, 0.15) is 138 Å². The number of benzene rings is 12. The van der Waals surface area contributed by atoms with Gasteiger partial charge < -0.3 is 52.8 Å². The zero-order chi connectivity index (χ0) is 102. The van der Waals surface area contributed by atoms with Crippen molar-refractivity contribution in [1.82, 2.24) is 29.9 Å². The molecule has 18 aromatic rings. The van der Waals surface area contributed by atoms with Crippen LogP contribution in [0.25, 0.3) is 61.3 Å². The summed E-state index contributed by atoms with van der Waals surface area (Å²) in [5.41, 5.74) is 23.3. The van der Waals surface area contributed by atoms with Gasteiger partial charge in [-0.1, -0.05) is 234 Å². The maximum atomic E-state index is 12.3. The number of thiazole rings is 6. The molecule has 0 bridgehead atoms. The van der Waals surface area contributed by atoms with Crippen LogP contribution in [-0.2, 0) is 93.5 Å². The number of aryl methyl sites for hydroxylation is 6. The number of hydrogen-bond donors (Lipinski definition) is 9. The third-order valence-corrected chi connectivity index (χ3v) is 27.3. The van der Waals surface area contributed by atoms with E-state index in [9.17, 15) is 47.9 Å². The molecule has 730 valence electrons. The number of rotatable bonds is 24. The molecule has 6 heterocycles. The molecule has 9 N–H and O–H groups in total. The molecule has 6 aromatic heterocycles. The first-order valence-electron chi connectivity index (χ1n) is 46.0. The zero-order valence-electron chi connectivity index (χ0n) is 81.9. The lowest BCUT2D eigenvalue weighted by Crippen LogP contribution is -2.14. The Morgan fingerprint density at radius 3 is 0.762 bits per heavy atom. The van der Waals surface area contributed by atoms with Crippen molar-refractivity contribution in [3.63, 3.8) is 0 Å². The van der Waals surface area contributed by atoms with Gasteiger partial charge in [0.1, 0.15) is 0 Å². The Morgan fingerprint density at radius 1 is 0.266 bits per heavy atom. The van der Waals surface area contributed by atoms with Crippen LogP contribution in [0, 0.1) is 34.6 Å². The van der Waals surface area contributed by atoms with Crippen LogP contribution in [0.2, 0.25) is 0 Å². The predicted molar refractivity (Wildman–Crippen MR) is 589 cm³/mol. The lowest BCUT2D eigenvalue weighted by Gasteiger charge is -2.18. The third-order valence-electron chi connectivity index (χ3n) is 21.7. The van der Waals surface area contributed by atoms with Crippen LogP contribution in [0.15, 0.2) is 255 Å². The summed E-state index contributed by atoms with van der Waals surface area (Å²) >= 11 is 8.83. The van der Waals surface area contributed by atoms with Crippen LogP contribution >= 0.6 is 68.0 Å². The Hall–Kier alpha value is -15.3. The first-order valence-corrected chi connectivity index (χ1v) is 50.9. The minimum Gasteiger partial charge on any atom is -0.378 e. The van der Waals surface area contributed by atoms with E-state index in [2.05, 4.69) is 169 Å². The van der Waals surface area contributed by atoms with Crippen LogP contribution in [0.3, 0.4) is 0 Å². The molecule has 0 aliphatic carbocycles. The van der Waals surface area contributed by atoms with E-state index in [0.717, 1.165) is 112 Å². The van der Waals surface area contributed by atoms with E-state index in [4.69, 9.17) is 0 Å². The van der Waals surface area contributed by atoms with Gasteiger partial charge in [0.2, 0.25) is 53.2 Å². The van der Waals surface area contributed by atoms with Crippen molar-refractivity contribution in [3.8, 4) is 0 Å². The quantitative estimate of drug-likeness (QED) is 0.0254. The highest BCUT2D eigenvalue weighted by Gasteiger charge is 2.20. The average Bonchev–Trinajstić information content (AvgIpc) is 1.68. The largest absolute Gasteiger partial charge is 0.378 e. The molecular formula is C111H110N16O10S6. The molecular weight excluding hydrogens is 1910 g/mol. The van der Waals surface area contributed by atoms with Gasteiger partial charge in [0, 0.05) is 63.2 Å². The summed E-state index contributed by atoms with van der Waals surface area (Å²) in [6.45, 7) is 24.7. The van der Waals surface area contributed by atoms with Gasteiger partial charge in [-0.25, -0.2) is 29.9 Å². The number of carbonyl (C=O) groups excluding carboxylic acids is 10. The summed E-state index contributed by atoms with van der Waals surface area (Å²) in [5.74, 6) is -0.892. The molecule has 0 spiro atoms. The van der Waals surface area contributed by atoms with Crippen molar-refractivity contribution in [2.24, 2.45) is 0 Å². The molecule has 0 saturated heterocycles. The molecule has 0 fully saturated rings. The van der Waals surface area contributed by atoms with Gasteiger partial charge in [0.05, 0.1) is 99.8 Å². The summed E-state index contributed by atoms with van der Waals surface area (Å²) in [4.78, 5) is 146. The van der Waals surface area contributed by atoms with Crippen molar-refractivity contribution in [2.75, 3.05) is 66.8 Å². The van der Waals surface area contributed by atoms with Gasteiger partial charge in [-0.3, -0.25) is 47.9 Å². The Balaban J connectivity index is 0.000000144. The van der Waals surface area contributed by atoms with Crippen molar-refractivity contribution < 1.29 is 47.9 Å². The number of ketones is 1. The molecule has 26 nitrogen and oxygen atoms in total. The van der Waals surface area contributed by atoms with Gasteiger partial charge >= 0.3 is 0 Å². The van der Waals surface area contributed by atoms with Crippen molar-refractivity contribution >= 4 is 242 Å². The Morgan fingerprint density at radius 2 is 0.497 bits per heavy atom. The Labute approximate surface area is 853 Å². The standard InChI is InChI=1S/C21H23N3O2S.C19H17N3O3S.C19H19N3O2S.C18H19N3OS.2C17H16N2OS/c1-13(25)22-16-8-5-14(6-9-16)11-19(26)24-20-23-17-10-7-15(21(2,3)4)12-18(17)27-20;1-11(23)14-5-8-16-17(10-14)26-19(21-16)22-18(25)9-13-3-6-15(7-4-13)20-12(2)24;1-3-13-6-9-16-17(10-13)25-19(21-16)22-18(24)11-14-4-7-15(8-5-14)20-12(2)23;1-12-4-9-15-16(10-12)23-18(19-15)20-17(22)11-13-5-7-14(8-6-13)21(2)3;2*1-11-3-6-13(7-4-11)10-16(20)19-17-18-14-8-5-12(2)9-15(14)21-17/h5-10,12H,11H2,1-4H3,(H,22,25)(H,23,24,26);3-8,10H,9H2,1-2H3,(H,20,24)(H,21,22,25);4-10H,3,11H2,1-2H3,(H,20,23)(H,21,22,24);4-10H,11H2,1-3H3,(H,19,20,22);2*3-9H,10H2,1-2H3,(H,18,19,20). The normalized spacial score (nSPS) is 10.8. The molecule has 0 aliphatic rings. The van der Waals surface area contributed by atoms with E-state index < -0.39 is 0 Å². The van der Waals surface area contributed by atoms with Crippen molar-refractivity contribution in [1.29, 1.82) is 0 Å². The number of carbonyl (C=O) groups is 10. The second-order valence-electron chi connectivity index (χ2n) is 35.4. The van der Waals surface area contributed by atoms with E-state index in [1.807, 2.05) is 178 Å². The smallest absolute Gasteiger partial charge is 0.230 e. The molecule has 12 aromatic carbocycles. The number of nitrogens with one attached hydrogen (secondary N) is 9. The minimum absolute atomic E-state index is 0.00593. The van der Waals surface area contributed by atoms with Crippen molar-refractivity contribution in [3.05, 3.63) is 333 Å². The highest BCUT2D eigenvalue weighted by atomic mass is 32.1. The van der Waals surface area contributed by atoms with Crippen LogP contribution in [0.4, 0.5) is 53.5 Å². The highest BCUT2D eigenvalue weighted by molar-refractivity contribution is 7.24. The number of hydrogen-bond acceptors (Lipinski definition) is 23. The minimum atomic E-state index is -0.178. The molecule has 0 unspecified atom stereocenters. The molecule has 0 radical (unpaired) electrons. The number of amides is 9. The van der Waals surface area contributed by atoms with Crippen molar-refractivity contribution in [2.45, 2.75) is 140 Å². The highest BCUT2D eigenvalue weighted by Crippen LogP contribution is 2.36. The lowest BCUT2D eigenvalue weighted by atomic mass is 9.87. The van der Waals surface area contributed by atoms with Crippen LogP contribution in [-0.4, -0.2) is 103 Å². The lowest BCUT2D eigenvalue weighted by molar-refractivity contribution is -0.116. The number of aromatic nitrogens is 6. The maximum Gasteiger partial charge on any atom is 0.230 e. The summed E-state index contributed by atoms with van der Waals surface area (Å²) in [6.07, 6.45) is 2.78. The zero-order valence-corrected chi connectivity index (χ0v) is 86.8. The number of fused-ring (bicyclic) bond motifs is 6. The van der Waals surface area contributed by atoms with Crippen LogP contribution < -0.4 is 52.8 Å². The second kappa shape index (κ2) is 49.2. The SMILES string of the molecule is CC(=O)Nc1ccc(CC(=O)Nc2nc3ccc(C(C)(C)C)cc3s2)cc1.CC(=O)Nc1ccc(CC(=O)Nc2nc3ccc(C(C)=O)cc3s2)cc1.CCc1ccc2nc(NC(=O)Cc3ccc(NC(C)=O)cc3)sc2c1.Cc1ccc(CC(=O)Nc2nc3ccc(C)cc3s2)cc1.Cc1ccc(CC(=O)Nc2nc3ccc(C)cc3s2)cc1.Cc1ccc2nc(NC(=O)Cc3ccc(N(C)C)cc3)sc2c1. The van der Waals surface area contributed by atoms with E-state index in [-0.39, 0.29) is 83.6 Å². The predicted octanol–water partition coefficient (Wildman–Crippen LogP) is 24.4. The molecule has 0 atom stereocenters. The summed E-state index contributed by atoms with van der Waals surface area (Å²) in [6, 6.07) is 81.5. The van der Waals surface area contributed by atoms with Gasteiger partial charge in [-0.2, -0.15) is 0 Å². The fourth-order valence-electron chi connectivity index (χ4n) is 14.3. The monoisotopic (exact) mass is 2020 g/mol. The first kappa shape index (κ1) is 105. The summed E-state index contributed by atoms with van der Waals surface area (Å²) in [7, 11) is 3.99. The summed E-state index contributed by atoms with van der Waals surface area (Å²) in [5, 5.41) is 29.0. The second-order valence-corrected chi connectivity index (χ2v) is 41.6. The first-order chi connectivity index (χ1) is 68.3. The molecule has 0 aliphatic heterocycles. The Kier molecular flexibility index (Phi) is 36.1.